The fourth-order valence-electron chi connectivity index (χ4n) is 18.5. The molecule has 117 heavy (non-hydrogen) atoms. The van der Waals surface area contributed by atoms with Crippen LogP contribution in [0.5, 0.6) is 0 Å². The van der Waals surface area contributed by atoms with Crippen LogP contribution < -0.4 is 26.2 Å². The Morgan fingerprint density at radius 3 is 0.855 bits per heavy atom. The summed E-state index contributed by atoms with van der Waals surface area (Å²) >= 11 is 0. The lowest BCUT2D eigenvalue weighted by molar-refractivity contribution is 0.410. The van der Waals surface area contributed by atoms with E-state index in [2.05, 4.69) is 300 Å². The maximum Gasteiger partial charge on any atom is 0.252 e. The lowest BCUT2D eigenvalue weighted by Gasteiger charge is -2.46. The Balaban J connectivity index is 1.08. The third-order valence-electron chi connectivity index (χ3n) is 22.7. The van der Waals surface area contributed by atoms with Crippen LogP contribution in [-0.4, -0.2) is 15.8 Å². The Labute approximate surface area is 710 Å². The first-order valence-electron chi connectivity index (χ1n) is 46.2. The number of fused-ring (bicyclic) bond motifs is 10. The predicted octanol–water partition coefficient (Wildman–Crippen LogP) is 29.5. The highest BCUT2D eigenvalue weighted by atomic mass is 15.2. The number of anilines is 6. The maximum atomic E-state index is 10.1. The third-order valence-corrected chi connectivity index (χ3v) is 22.7. The van der Waals surface area contributed by atoms with Crippen LogP contribution in [0.2, 0.25) is 0 Å². The summed E-state index contributed by atoms with van der Waals surface area (Å²) in [4.78, 5) is 5.11. The molecule has 590 valence electrons. The van der Waals surface area contributed by atoms with E-state index in [4.69, 9.17) is 0 Å². The normalized spacial score (nSPS) is 15.0. The van der Waals surface area contributed by atoms with Crippen LogP contribution in [0, 0.1) is 32.5 Å². The van der Waals surface area contributed by atoms with Gasteiger partial charge in [-0.1, -0.05) is 327 Å². The van der Waals surface area contributed by atoms with E-state index in [1.807, 2.05) is 132 Å². The molecule has 15 aromatic rings. The quantitative estimate of drug-likeness (QED) is 0.101. The highest BCUT2D eigenvalue weighted by Gasteiger charge is 2.46. The van der Waals surface area contributed by atoms with Crippen molar-refractivity contribution in [3.8, 4) is 55.9 Å². The maximum absolute atomic E-state index is 10.1. The zero-order valence-corrected chi connectivity index (χ0v) is 72.7. The minimum atomic E-state index is -1.77. The van der Waals surface area contributed by atoms with Gasteiger partial charge >= 0.3 is 0 Å². The van der Waals surface area contributed by atoms with Crippen molar-refractivity contribution < 1.29 is 11.0 Å². The first-order valence-corrected chi connectivity index (χ1v) is 42.2. The van der Waals surface area contributed by atoms with E-state index < -0.39 is 59.3 Å². The van der Waals surface area contributed by atoms with Gasteiger partial charge in [-0.05, 0) is 250 Å². The van der Waals surface area contributed by atoms with E-state index in [9.17, 15) is 11.0 Å². The summed E-state index contributed by atoms with van der Waals surface area (Å²) in [5.41, 5.74) is 23.6. The highest BCUT2D eigenvalue weighted by molar-refractivity contribution is 7.00. The van der Waals surface area contributed by atoms with Crippen molar-refractivity contribution >= 4 is 101 Å². The second-order valence-electron chi connectivity index (χ2n) is 40.9. The molecular weight excluding hydrogens is 1410 g/mol. The molecule has 0 fully saturated rings. The van der Waals surface area contributed by atoms with Crippen molar-refractivity contribution in [1.82, 2.24) is 9.13 Å². The van der Waals surface area contributed by atoms with E-state index in [-0.39, 0.29) is 10.8 Å². The Hall–Kier alpha value is -10.9. The molecule has 4 nitrogen and oxygen atoms in total. The molecule has 0 amide bonds. The van der Waals surface area contributed by atoms with Crippen molar-refractivity contribution in [3.05, 3.63) is 306 Å². The molecule has 0 atom stereocenters. The number of aromatic nitrogens is 2. The monoisotopic (exact) mass is 1540 g/mol. The van der Waals surface area contributed by atoms with Crippen molar-refractivity contribution in [2.24, 2.45) is 32.5 Å². The number of hydrogen-bond acceptors (Lipinski definition) is 2. The number of para-hydroxylation sites is 4. The lowest BCUT2D eigenvalue weighted by Crippen LogP contribution is -2.61. The van der Waals surface area contributed by atoms with Crippen molar-refractivity contribution in [2.75, 3.05) is 9.80 Å². The number of nitrogens with zero attached hydrogens (tertiary/aromatic N) is 4. The van der Waals surface area contributed by atoms with Gasteiger partial charge in [0.2, 0.25) is 0 Å². The van der Waals surface area contributed by atoms with Gasteiger partial charge in [0, 0.05) is 77.8 Å². The second kappa shape index (κ2) is 29.0. The minimum absolute atomic E-state index is 0.247. The van der Waals surface area contributed by atoms with E-state index in [0.717, 1.165) is 167 Å². The standard InChI is InChI=1S/C112H119BN4/c1-106(2,3)66-72-34-30-38-76(54-72)89-64-99(91(58-80(89)70-110(13,14)15)78-40-32-36-74(56-78)68-108(7,8)9)116-101-62-83(114-95-46-26-22-42-85(95)86-43-23-27-47-96(86)114)50-52-93(101)113-94-53-51-84(115-97-48-28-24-44-87(97)88-45-25-29-49-98(88)115)63-102(94)117(104-61-82(112(19,20)21)60-103(116)105(104)113)100-65-90(77-39-31-35-73(55-77)67-107(4,5)6)81(71-111(16,17)18)59-92(100)79-41-33-37-75(57-79)69-109(10,11)12/h22-65H,66-71H2,1-21H3/i66D2,67D2,68D2,69D2. The molecule has 13 aromatic carbocycles. The highest BCUT2D eigenvalue weighted by Crippen LogP contribution is 2.54. The zero-order chi connectivity index (χ0) is 89.5. The van der Waals surface area contributed by atoms with Crippen molar-refractivity contribution in [3.63, 3.8) is 0 Å². The molecule has 5 heteroatoms. The summed E-state index contributed by atoms with van der Waals surface area (Å²) < 4.78 is 84.8. The summed E-state index contributed by atoms with van der Waals surface area (Å²) in [6.45, 7) is 43.9. The summed E-state index contributed by atoms with van der Waals surface area (Å²) in [5.74, 6) is 0. The Bertz CT molecular complexity index is 6320. The van der Waals surface area contributed by atoms with Gasteiger partial charge in [-0.15, -0.1) is 0 Å². The first-order chi connectivity index (χ1) is 58.4. The van der Waals surface area contributed by atoms with Crippen LogP contribution in [0.3, 0.4) is 0 Å². The van der Waals surface area contributed by atoms with Crippen LogP contribution in [0.1, 0.15) is 195 Å². The van der Waals surface area contributed by atoms with Crippen molar-refractivity contribution in [2.45, 2.75) is 189 Å². The second-order valence-corrected chi connectivity index (χ2v) is 40.9. The minimum Gasteiger partial charge on any atom is -0.311 e. The third kappa shape index (κ3) is 15.7. The number of benzene rings is 13. The van der Waals surface area contributed by atoms with Gasteiger partial charge in [-0.3, -0.25) is 0 Å². The van der Waals surface area contributed by atoms with E-state index in [0.29, 0.717) is 35.1 Å². The molecule has 0 radical (unpaired) electrons. The van der Waals surface area contributed by atoms with Gasteiger partial charge in [0.1, 0.15) is 0 Å². The van der Waals surface area contributed by atoms with Crippen LogP contribution in [0.15, 0.2) is 267 Å². The summed E-state index contributed by atoms with van der Waals surface area (Å²) in [5, 5.41) is 4.57. The van der Waals surface area contributed by atoms with Gasteiger partial charge < -0.3 is 18.9 Å². The van der Waals surface area contributed by atoms with Gasteiger partial charge in [-0.25, -0.2) is 0 Å². The van der Waals surface area contributed by atoms with Crippen LogP contribution >= 0.6 is 0 Å². The molecule has 0 aliphatic carbocycles. The molecule has 17 rings (SSSR count). The Kier molecular flexibility index (Phi) is 17.2. The van der Waals surface area contributed by atoms with Crippen LogP contribution in [0.25, 0.3) is 99.5 Å². The van der Waals surface area contributed by atoms with Gasteiger partial charge in [0.25, 0.3) is 6.71 Å². The van der Waals surface area contributed by atoms with E-state index >= 15 is 0 Å². The molecule has 0 spiro atoms. The van der Waals surface area contributed by atoms with Gasteiger partial charge in [0.05, 0.1) is 33.4 Å². The fraction of sp³-hybridized carbons (Fsp3) is 0.304. The summed E-state index contributed by atoms with van der Waals surface area (Å²) in [6, 6.07) is 96.5. The topological polar surface area (TPSA) is 16.3 Å². The predicted molar refractivity (Wildman–Crippen MR) is 509 cm³/mol. The number of hydrogen-bond donors (Lipinski definition) is 0. The molecular formula is C112H119BN4. The SMILES string of the molecule is [2H]C([2H])(c1cccc(-c2cc(N3c4cc(-n5c6ccccc6c6ccccc65)ccc4B4c5ccc(-n6c7ccccc7c7ccccc76)cc5N(c5cc(-c6cccc(C([2H])([2H])C(C)(C)C)c6)c(CC(C)(C)C)cc5-c5cccc(C([2H])([2H])C(C)(C)C)c5)c5cc(C(C)(C)C)cc3c54)c(-c3cccc(C([2H])([2H])C(C)(C)C)c3)cc2CC(C)(C)C)c1)C(C)(C)C. The lowest BCUT2D eigenvalue weighted by atomic mass is 9.33. The van der Waals surface area contributed by atoms with Gasteiger partial charge in [0.15, 0.2) is 0 Å². The summed E-state index contributed by atoms with van der Waals surface area (Å²) in [7, 11) is 0. The van der Waals surface area contributed by atoms with Crippen LogP contribution in [-0.2, 0) is 43.7 Å². The largest absolute Gasteiger partial charge is 0.311 e. The molecule has 2 aromatic heterocycles. The fourth-order valence-corrected chi connectivity index (χ4v) is 18.5. The molecule has 4 heterocycles. The molecule has 0 bridgehead atoms. The molecule has 0 N–H and O–H groups in total. The smallest absolute Gasteiger partial charge is 0.252 e. The molecule has 0 unspecified atom stereocenters. The Morgan fingerprint density at radius 1 is 0.265 bits per heavy atom. The average molecular weight is 1540 g/mol. The molecule has 2 aliphatic heterocycles. The molecule has 2 aliphatic rings. The zero-order valence-electron chi connectivity index (χ0n) is 80.7. The first kappa shape index (κ1) is 69.3. The summed E-state index contributed by atoms with van der Waals surface area (Å²) in [6.07, 6.45) is -5.69. The van der Waals surface area contributed by atoms with E-state index in [1.165, 1.54) is 0 Å². The number of rotatable bonds is 14. The van der Waals surface area contributed by atoms with E-state index in [1.54, 1.807) is 0 Å². The van der Waals surface area contributed by atoms with Gasteiger partial charge in [-0.2, -0.15) is 0 Å². The molecule has 0 saturated carbocycles. The Morgan fingerprint density at radius 2 is 0.564 bits per heavy atom. The van der Waals surface area contributed by atoms with Crippen molar-refractivity contribution in [1.29, 1.82) is 0 Å². The average Bonchev–Trinajstić information content (AvgIpc) is 1.16. The van der Waals surface area contributed by atoms with Crippen LogP contribution in [0.4, 0.5) is 34.1 Å². The molecule has 0 saturated heterocycles.